The number of nitro benzene ring substituents is 1. The highest BCUT2D eigenvalue weighted by Gasteiger charge is 2.13. The van der Waals surface area contributed by atoms with Gasteiger partial charge in [0.05, 0.1) is 19.1 Å². The Morgan fingerprint density at radius 1 is 1.08 bits per heavy atom. The zero-order valence-electron chi connectivity index (χ0n) is 13.6. The molecule has 0 aliphatic heterocycles. The van der Waals surface area contributed by atoms with E-state index in [0.717, 1.165) is 17.5 Å². The van der Waals surface area contributed by atoms with Crippen LogP contribution >= 0.6 is 0 Å². The van der Waals surface area contributed by atoms with Gasteiger partial charge in [0.2, 0.25) is 0 Å². The summed E-state index contributed by atoms with van der Waals surface area (Å²) in [5.74, 6) is 1.05. The van der Waals surface area contributed by atoms with Crippen LogP contribution in [-0.4, -0.2) is 30.8 Å². The number of methoxy groups -OCH3 is 2. The Bertz CT molecular complexity index is 718. The van der Waals surface area contributed by atoms with E-state index in [9.17, 15) is 15.2 Å². The second-order valence-corrected chi connectivity index (χ2v) is 5.20. The summed E-state index contributed by atoms with van der Waals surface area (Å²) < 4.78 is 10.5. The Kier molecular flexibility index (Phi) is 5.97. The van der Waals surface area contributed by atoms with E-state index in [1.165, 1.54) is 12.1 Å². The number of benzene rings is 2. The third kappa shape index (κ3) is 4.36. The van der Waals surface area contributed by atoms with Crippen LogP contribution in [-0.2, 0) is 13.0 Å². The Hall–Kier alpha value is -2.80. The molecule has 2 aromatic carbocycles. The van der Waals surface area contributed by atoms with Gasteiger partial charge in [-0.3, -0.25) is 10.1 Å². The molecule has 7 nitrogen and oxygen atoms in total. The second-order valence-electron chi connectivity index (χ2n) is 5.20. The lowest BCUT2D eigenvalue weighted by molar-refractivity contribution is -0.385. The summed E-state index contributed by atoms with van der Waals surface area (Å²) in [5, 5.41) is 23.5. The molecule has 2 N–H and O–H groups in total. The summed E-state index contributed by atoms with van der Waals surface area (Å²) in [6, 6.07) is 10.1. The molecule has 0 saturated heterocycles. The molecule has 0 spiro atoms. The standard InChI is InChI=1S/C17H20N2O5/c1-23-16-6-4-12(10-17(16)24-2)7-8-18-11-13-3-5-15(20)14(9-13)19(21)22/h3-6,9-10,18,20H,7-8,11H2,1-2H3. The van der Waals surface area contributed by atoms with E-state index >= 15 is 0 Å². The fourth-order valence-electron chi connectivity index (χ4n) is 2.33. The van der Waals surface area contributed by atoms with E-state index in [2.05, 4.69) is 5.32 Å². The van der Waals surface area contributed by atoms with Gasteiger partial charge >= 0.3 is 5.69 Å². The van der Waals surface area contributed by atoms with E-state index in [1.54, 1.807) is 20.3 Å². The van der Waals surface area contributed by atoms with E-state index in [4.69, 9.17) is 9.47 Å². The summed E-state index contributed by atoms with van der Waals surface area (Å²) in [6.45, 7) is 1.18. The van der Waals surface area contributed by atoms with Crippen LogP contribution in [0.1, 0.15) is 11.1 Å². The highest BCUT2D eigenvalue weighted by molar-refractivity contribution is 5.47. The molecule has 0 unspecified atom stereocenters. The topological polar surface area (TPSA) is 93.9 Å². The van der Waals surface area contributed by atoms with Gasteiger partial charge in [0.1, 0.15) is 0 Å². The molecule has 0 aliphatic rings. The lowest BCUT2D eigenvalue weighted by Gasteiger charge is -2.10. The van der Waals surface area contributed by atoms with Gasteiger partial charge in [-0.25, -0.2) is 0 Å². The number of aromatic hydroxyl groups is 1. The second kappa shape index (κ2) is 8.16. The quantitative estimate of drug-likeness (QED) is 0.438. The molecule has 2 aromatic rings. The van der Waals surface area contributed by atoms with Crippen molar-refractivity contribution in [1.29, 1.82) is 0 Å². The average molecular weight is 332 g/mol. The van der Waals surface area contributed by atoms with Crippen LogP contribution in [0.5, 0.6) is 17.2 Å². The first kappa shape index (κ1) is 17.6. The molecule has 24 heavy (non-hydrogen) atoms. The zero-order chi connectivity index (χ0) is 17.5. The Morgan fingerprint density at radius 3 is 2.46 bits per heavy atom. The SMILES string of the molecule is COc1ccc(CCNCc2ccc(O)c([N+](=O)[O-])c2)cc1OC. The number of phenols is 1. The van der Waals surface area contributed by atoms with Gasteiger partial charge in [0.25, 0.3) is 0 Å². The van der Waals surface area contributed by atoms with Crippen molar-refractivity contribution in [3.63, 3.8) is 0 Å². The number of hydrogen-bond donors (Lipinski definition) is 2. The predicted octanol–water partition coefficient (Wildman–Crippen LogP) is 2.65. The molecule has 0 fully saturated rings. The van der Waals surface area contributed by atoms with Crippen molar-refractivity contribution in [2.45, 2.75) is 13.0 Å². The maximum atomic E-state index is 10.8. The van der Waals surface area contributed by atoms with Gasteiger partial charge in [0.15, 0.2) is 17.2 Å². The van der Waals surface area contributed by atoms with Crippen molar-refractivity contribution in [1.82, 2.24) is 5.32 Å². The van der Waals surface area contributed by atoms with Crippen molar-refractivity contribution in [3.05, 3.63) is 57.6 Å². The minimum Gasteiger partial charge on any atom is -0.502 e. The third-order valence-corrected chi connectivity index (χ3v) is 3.60. The number of phenolic OH excluding ortho intramolecular Hbond substituents is 1. The molecule has 0 amide bonds. The van der Waals surface area contributed by atoms with Crippen LogP contribution < -0.4 is 14.8 Å². The monoisotopic (exact) mass is 332 g/mol. The maximum absolute atomic E-state index is 10.8. The first-order chi connectivity index (χ1) is 11.5. The summed E-state index contributed by atoms with van der Waals surface area (Å²) in [4.78, 5) is 10.2. The highest BCUT2D eigenvalue weighted by Crippen LogP contribution is 2.28. The molecule has 2 rings (SSSR count). The molecule has 7 heteroatoms. The number of nitrogens with one attached hydrogen (secondary N) is 1. The first-order valence-electron chi connectivity index (χ1n) is 7.43. The van der Waals surface area contributed by atoms with Gasteiger partial charge in [-0.2, -0.15) is 0 Å². The number of rotatable bonds is 8. The van der Waals surface area contributed by atoms with E-state index in [1.807, 2.05) is 18.2 Å². The van der Waals surface area contributed by atoms with Crippen molar-refractivity contribution in [3.8, 4) is 17.2 Å². The molecule has 0 aliphatic carbocycles. The maximum Gasteiger partial charge on any atom is 0.311 e. The van der Waals surface area contributed by atoms with Crippen molar-refractivity contribution in [2.24, 2.45) is 0 Å². The Balaban J connectivity index is 1.89. The Labute approximate surface area is 140 Å². The van der Waals surface area contributed by atoms with E-state index < -0.39 is 4.92 Å². The van der Waals surface area contributed by atoms with E-state index in [0.29, 0.717) is 24.6 Å². The summed E-state index contributed by atoms with van der Waals surface area (Å²) in [7, 11) is 3.19. The highest BCUT2D eigenvalue weighted by atomic mass is 16.6. The average Bonchev–Trinajstić information content (AvgIpc) is 2.59. The molecular weight excluding hydrogens is 312 g/mol. The van der Waals surface area contributed by atoms with Gasteiger partial charge in [-0.15, -0.1) is 0 Å². The number of nitrogens with zero attached hydrogens (tertiary/aromatic N) is 1. The lowest BCUT2D eigenvalue weighted by atomic mass is 10.1. The number of nitro groups is 1. The van der Waals surface area contributed by atoms with Crippen LogP contribution in [0, 0.1) is 10.1 Å². The summed E-state index contributed by atoms with van der Waals surface area (Å²) >= 11 is 0. The van der Waals surface area contributed by atoms with Gasteiger partial charge < -0.3 is 19.9 Å². The molecule has 128 valence electrons. The molecule has 0 bridgehead atoms. The van der Waals surface area contributed by atoms with Crippen molar-refractivity contribution in [2.75, 3.05) is 20.8 Å². The molecule has 0 heterocycles. The molecule has 0 radical (unpaired) electrons. The molecular formula is C17H20N2O5. The minimum atomic E-state index is -0.595. The minimum absolute atomic E-state index is 0.283. The summed E-state index contributed by atoms with van der Waals surface area (Å²) in [5.41, 5.74) is 1.55. The number of hydrogen-bond acceptors (Lipinski definition) is 6. The number of ether oxygens (including phenoxy) is 2. The third-order valence-electron chi connectivity index (χ3n) is 3.60. The normalized spacial score (nSPS) is 10.4. The van der Waals surface area contributed by atoms with Crippen LogP contribution in [0.15, 0.2) is 36.4 Å². The fourth-order valence-corrected chi connectivity index (χ4v) is 2.33. The first-order valence-corrected chi connectivity index (χ1v) is 7.43. The zero-order valence-corrected chi connectivity index (χ0v) is 13.6. The largest absolute Gasteiger partial charge is 0.502 e. The molecule has 0 aromatic heterocycles. The lowest BCUT2D eigenvalue weighted by Crippen LogP contribution is -2.16. The molecule has 0 atom stereocenters. The van der Waals surface area contributed by atoms with Crippen LogP contribution in [0.3, 0.4) is 0 Å². The summed E-state index contributed by atoms with van der Waals surface area (Å²) in [6.07, 6.45) is 0.778. The van der Waals surface area contributed by atoms with Crippen molar-refractivity contribution >= 4 is 5.69 Å². The predicted molar refractivity (Wildman–Crippen MR) is 89.7 cm³/mol. The van der Waals surface area contributed by atoms with Gasteiger partial charge in [-0.05, 0) is 42.3 Å². The van der Waals surface area contributed by atoms with Gasteiger partial charge in [0, 0.05) is 12.6 Å². The van der Waals surface area contributed by atoms with Crippen LogP contribution in [0.2, 0.25) is 0 Å². The Morgan fingerprint density at radius 2 is 1.79 bits per heavy atom. The van der Waals surface area contributed by atoms with Crippen LogP contribution in [0.4, 0.5) is 5.69 Å². The van der Waals surface area contributed by atoms with E-state index in [-0.39, 0.29) is 11.4 Å². The van der Waals surface area contributed by atoms with Crippen molar-refractivity contribution < 1.29 is 19.5 Å². The smallest absolute Gasteiger partial charge is 0.311 e. The fraction of sp³-hybridized carbons (Fsp3) is 0.294. The molecule has 0 saturated carbocycles. The van der Waals surface area contributed by atoms with Gasteiger partial charge in [-0.1, -0.05) is 12.1 Å². The van der Waals surface area contributed by atoms with Crippen LogP contribution in [0.25, 0.3) is 0 Å².